The Kier molecular flexibility index (Phi) is 5.26. The molecule has 0 fully saturated rings. The number of carbonyl (C=O) groups is 1. The first-order valence-electron chi connectivity index (χ1n) is 6.78. The number of benzene rings is 1. The quantitative estimate of drug-likeness (QED) is 0.569. The maximum atomic E-state index is 12.0. The summed E-state index contributed by atoms with van der Waals surface area (Å²) in [5.41, 5.74) is -1.15. The molecule has 11 heteroatoms. The Bertz CT molecular complexity index is 945. The number of aromatic amines is 2. The molecule has 0 aliphatic carbocycles. The number of hydrogen-bond donors (Lipinski definition) is 3. The Hall–Kier alpha value is -2.79. The zero-order valence-electron chi connectivity index (χ0n) is 12.5. The van der Waals surface area contributed by atoms with Crippen molar-refractivity contribution >= 4 is 16.0 Å². The number of carbonyl (C=O) groups excluding carboxylic acids is 1. The molecule has 0 saturated heterocycles. The van der Waals surface area contributed by atoms with E-state index in [1.54, 1.807) is 24.0 Å². The van der Waals surface area contributed by atoms with Crippen molar-refractivity contribution in [1.29, 1.82) is 0 Å². The summed E-state index contributed by atoms with van der Waals surface area (Å²) >= 11 is 0. The van der Waals surface area contributed by atoms with Gasteiger partial charge in [0.05, 0.1) is 12.2 Å². The Morgan fingerprint density at radius 1 is 1.25 bits per heavy atom. The van der Waals surface area contributed by atoms with Gasteiger partial charge in [-0.1, -0.05) is 12.1 Å². The van der Waals surface area contributed by atoms with Crippen molar-refractivity contribution in [2.45, 2.75) is 18.5 Å². The number of aromatic nitrogens is 3. The van der Waals surface area contributed by atoms with Crippen LogP contribution in [0.1, 0.15) is 22.8 Å². The van der Waals surface area contributed by atoms with Gasteiger partial charge < -0.3 is 4.74 Å². The van der Waals surface area contributed by atoms with Crippen molar-refractivity contribution in [2.75, 3.05) is 6.61 Å². The molecule has 24 heavy (non-hydrogen) atoms. The van der Waals surface area contributed by atoms with Gasteiger partial charge in [0.25, 0.3) is 20.6 Å². The standard InChI is InChI=1S/C13H14N4O6S/c1-2-23-12(19)9-5-3-8(4-6-9)7-14-24(21,22)11-10(18)15-13(20)17-16-11/h3-6,14H,2,7H2,1H3,(H2,15,17,18,20). The second kappa shape index (κ2) is 7.19. The van der Waals surface area contributed by atoms with Crippen LogP contribution in [0.4, 0.5) is 0 Å². The molecule has 0 unspecified atom stereocenters. The van der Waals surface area contributed by atoms with Crippen molar-refractivity contribution in [1.82, 2.24) is 19.9 Å². The summed E-state index contributed by atoms with van der Waals surface area (Å²) < 4.78 is 31.0. The molecule has 2 rings (SSSR count). The molecular weight excluding hydrogens is 340 g/mol. The second-order valence-corrected chi connectivity index (χ2v) is 6.24. The highest BCUT2D eigenvalue weighted by Crippen LogP contribution is 2.07. The summed E-state index contributed by atoms with van der Waals surface area (Å²) in [6.07, 6.45) is 0. The third kappa shape index (κ3) is 4.14. The van der Waals surface area contributed by atoms with E-state index in [1.165, 1.54) is 12.1 Å². The van der Waals surface area contributed by atoms with Crippen LogP contribution in [0.3, 0.4) is 0 Å². The van der Waals surface area contributed by atoms with Crippen molar-refractivity contribution in [3.05, 3.63) is 56.2 Å². The van der Waals surface area contributed by atoms with Crippen LogP contribution in [0.5, 0.6) is 0 Å². The van der Waals surface area contributed by atoms with Crippen LogP contribution in [-0.4, -0.2) is 36.2 Å². The van der Waals surface area contributed by atoms with E-state index in [2.05, 4.69) is 9.82 Å². The SMILES string of the molecule is CCOC(=O)c1ccc(CNS(=O)(=O)c2n[nH]c(=O)[nH]c2=O)cc1. The molecule has 0 aliphatic heterocycles. The maximum absolute atomic E-state index is 12.0. The summed E-state index contributed by atoms with van der Waals surface area (Å²) in [6, 6.07) is 6.07. The predicted octanol–water partition coefficient (Wildman–Crippen LogP) is -0.887. The molecule has 1 aromatic heterocycles. The van der Waals surface area contributed by atoms with Gasteiger partial charge in [-0.25, -0.2) is 27.8 Å². The number of nitrogens with zero attached hydrogens (tertiary/aromatic N) is 1. The lowest BCUT2D eigenvalue weighted by atomic mass is 10.1. The summed E-state index contributed by atoms with van der Waals surface area (Å²) in [4.78, 5) is 35.6. The van der Waals surface area contributed by atoms with E-state index in [4.69, 9.17) is 4.74 Å². The first-order valence-corrected chi connectivity index (χ1v) is 8.26. The van der Waals surface area contributed by atoms with E-state index in [-0.39, 0.29) is 13.2 Å². The molecule has 3 N–H and O–H groups in total. The molecule has 0 aliphatic rings. The van der Waals surface area contributed by atoms with Crippen LogP contribution >= 0.6 is 0 Å². The fourth-order valence-corrected chi connectivity index (χ4v) is 2.69. The van der Waals surface area contributed by atoms with Gasteiger partial charge in [-0.05, 0) is 24.6 Å². The van der Waals surface area contributed by atoms with Gasteiger partial charge in [0, 0.05) is 6.54 Å². The molecule has 1 heterocycles. The smallest absolute Gasteiger partial charge is 0.342 e. The molecule has 0 spiro atoms. The Labute approximate surface area is 135 Å². The summed E-state index contributed by atoms with van der Waals surface area (Å²) in [5.74, 6) is -0.478. The van der Waals surface area contributed by atoms with E-state index in [1.807, 2.05) is 5.10 Å². The number of rotatable bonds is 6. The fourth-order valence-electron chi connectivity index (χ4n) is 1.74. The summed E-state index contributed by atoms with van der Waals surface area (Å²) in [7, 11) is -4.21. The Morgan fingerprint density at radius 3 is 2.50 bits per heavy atom. The molecule has 0 saturated carbocycles. The highest BCUT2D eigenvalue weighted by Gasteiger charge is 2.20. The number of nitrogens with one attached hydrogen (secondary N) is 3. The highest BCUT2D eigenvalue weighted by molar-refractivity contribution is 7.89. The monoisotopic (exact) mass is 354 g/mol. The van der Waals surface area contributed by atoms with Gasteiger partial charge in [-0.3, -0.25) is 9.78 Å². The van der Waals surface area contributed by atoms with E-state index < -0.39 is 32.3 Å². The average molecular weight is 354 g/mol. The maximum Gasteiger partial charge on any atom is 0.342 e. The van der Waals surface area contributed by atoms with E-state index in [9.17, 15) is 22.8 Å². The first kappa shape index (κ1) is 17.6. The molecule has 0 atom stereocenters. The Balaban J connectivity index is 2.11. The third-order valence-corrected chi connectivity index (χ3v) is 4.18. The molecule has 2 aromatic rings. The number of H-pyrrole nitrogens is 2. The largest absolute Gasteiger partial charge is 0.462 e. The van der Waals surface area contributed by atoms with Gasteiger partial charge >= 0.3 is 11.7 Å². The second-order valence-electron chi connectivity index (χ2n) is 4.55. The zero-order chi connectivity index (χ0) is 17.7. The predicted molar refractivity (Wildman–Crippen MR) is 81.9 cm³/mol. The molecule has 0 radical (unpaired) electrons. The topological polar surface area (TPSA) is 151 Å². The minimum Gasteiger partial charge on any atom is -0.462 e. The van der Waals surface area contributed by atoms with Gasteiger partial charge in [0.15, 0.2) is 0 Å². The van der Waals surface area contributed by atoms with Crippen LogP contribution in [0.2, 0.25) is 0 Å². The molecular formula is C13H14N4O6S. The summed E-state index contributed by atoms with van der Waals surface area (Å²) in [5, 5.41) is 4.23. The molecule has 10 nitrogen and oxygen atoms in total. The van der Waals surface area contributed by atoms with Gasteiger partial charge in [-0.2, -0.15) is 5.10 Å². The van der Waals surface area contributed by atoms with Gasteiger partial charge in [-0.15, -0.1) is 0 Å². The van der Waals surface area contributed by atoms with Crippen LogP contribution in [-0.2, 0) is 21.3 Å². The fraction of sp³-hybridized carbons (Fsp3) is 0.231. The number of esters is 1. The number of ether oxygens (including phenoxy) is 1. The van der Waals surface area contributed by atoms with Crippen molar-refractivity contribution < 1.29 is 17.9 Å². The molecule has 1 aromatic carbocycles. The Morgan fingerprint density at radius 2 is 1.92 bits per heavy atom. The van der Waals surface area contributed by atoms with E-state index in [0.29, 0.717) is 11.1 Å². The van der Waals surface area contributed by atoms with Gasteiger partial charge in [0.1, 0.15) is 0 Å². The van der Waals surface area contributed by atoms with Crippen molar-refractivity contribution in [3.63, 3.8) is 0 Å². The van der Waals surface area contributed by atoms with Gasteiger partial charge in [0.2, 0.25) is 0 Å². The minimum atomic E-state index is -4.21. The van der Waals surface area contributed by atoms with Crippen LogP contribution < -0.4 is 16.0 Å². The third-order valence-electron chi connectivity index (χ3n) is 2.87. The van der Waals surface area contributed by atoms with E-state index >= 15 is 0 Å². The number of hydrogen-bond acceptors (Lipinski definition) is 7. The lowest BCUT2D eigenvalue weighted by molar-refractivity contribution is 0.0526. The van der Waals surface area contributed by atoms with Crippen LogP contribution in [0.25, 0.3) is 0 Å². The average Bonchev–Trinajstić information content (AvgIpc) is 2.53. The number of sulfonamides is 1. The molecule has 0 bridgehead atoms. The minimum absolute atomic E-state index is 0.133. The molecule has 0 amide bonds. The van der Waals surface area contributed by atoms with E-state index in [0.717, 1.165) is 0 Å². The van der Waals surface area contributed by atoms with Crippen molar-refractivity contribution in [2.24, 2.45) is 0 Å². The zero-order valence-corrected chi connectivity index (χ0v) is 13.3. The lowest BCUT2D eigenvalue weighted by Crippen LogP contribution is -2.34. The normalized spacial score (nSPS) is 11.2. The summed E-state index contributed by atoms with van der Waals surface area (Å²) in [6.45, 7) is 1.81. The van der Waals surface area contributed by atoms with Crippen molar-refractivity contribution in [3.8, 4) is 0 Å². The molecule has 128 valence electrons. The van der Waals surface area contributed by atoms with Crippen LogP contribution in [0.15, 0.2) is 38.9 Å². The van der Waals surface area contributed by atoms with Crippen LogP contribution in [0, 0.1) is 0 Å². The highest BCUT2D eigenvalue weighted by atomic mass is 32.2. The first-order chi connectivity index (χ1) is 11.3. The lowest BCUT2D eigenvalue weighted by Gasteiger charge is -2.06.